The molecule has 2 heterocycles. The van der Waals surface area contributed by atoms with Crippen LogP contribution in [0.15, 0.2) is 70.1 Å². The molecule has 30 heavy (non-hydrogen) atoms. The van der Waals surface area contributed by atoms with E-state index in [1.54, 1.807) is 0 Å². The molecule has 0 amide bonds. The van der Waals surface area contributed by atoms with E-state index in [-0.39, 0.29) is 6.04 Å². The highest BCUT2D eigenvalue weighted by molar-refractivity contribution is 5.96. The standard InChI is InChI=1S/C25H33N3O2/c1-5-18-14-19-15-20-21(16-23(19)30-22(18)6-2)28(24(29)25(3,4)27-20)26-13-12-17-10-8-7-9-11-17/h7-11,14,16,21,24,26,29H,5-6,12-13,15H2,1-4H3/t21?,24-/m1/s1. The van der Waals surface area contributed by atoms with Crippen LogP contribution in [0.4, 0.5) is 0 Å². The SMILES string of the molecule is CCC1=C(CC)OC2=CC3C(=NC(C)(C)[C@@H](O)N3NCCc3ccccc3)CC2=C1. The van der Waals surface area contributed by atoms with Crippen molar-refractivity contribution in [3.05, 3.63) is 70.7 Å². The molecule has 0 aromatic heterocycles. The predicted molar refractivity (Wildman–Crippen MR) is 121 cm³/mol. The molecule has 5 nitrogen and oxygen atoms in total. The number of ether oxygens (including phenoxy) is 1. The van der Waals surface area contributed by atoms with Gasteiger partial charge in [0.1, 0.15) is 17.7 Å². The number of fused-ring (bicyclic) bond motifs is 2. The van der Waals surface area contributed by atoms with Gasteiger partial charge in [0.05, 0.1) is 11.6 Å². The molecule has 2 aliphatic heterocycles. The Hall–Kier alpha value is -2.21. The summed E-state index contributed by atoms with van der Waals surface area (Å²) in [5.74, 6) is 1.96. The van der Waals surface area contributed by atoms with Crippen LogP contribution in [0, 0.1) is 0 Å². The van der Waals surface area contributed by atoms with Crippen LogP contribution in [0.3, 0.4) is 0 Å². The van der Waals surface area contributed by atoms with Gasteiger partial charge in [-0.3, -0.25) is 10.4 Å². The highest BCUT2D eigenvalue weighted by Crippen LogP contribution is 2.38. The van der Waals surface area contributed by atoms with Gasteiger partial charge in [0.2, 0.25) is 0 Å². The first-order valence-electron chi connectivity index (χ1n) is 11.1. The van der Waals surface area contributed by atoms with Gasteiger partial charge < -0.3 is 9.84 Å². The van der Waals surface area contributed by atoms with Gasteiger partial charge in [0.25, 0.3) is 0 Å². The lowest BCUT2D eigenvalue weighted by Crippen LogP contribution is -2.64. The zero-order chi connectivity index (χ0) is 21.3. The predicted octanol–water partition coefficient (Wildman–Crippen LogP) is 4.27. The van der Waals surface area contributed by atoms with Crippen molar-refractivity contribution in [3.63, 3.8) is 0 Å². The first kappa shape index (κ1) is 21.0. The van der Waals surface area contributed by atoms with Crippen molar-refractivity contribution in [2.24, 2.45) is 4.99 Å². The van der Waals surface area contributed by atoms with Crippen LogP contribution in [0.25, 0.3) is 0 Å². The molecule has 0 bridgehead atoms. The van der Waals surface area contributed by atoms with Crippen LogP contribution < -0.4 is 5.43 Å². The Balaban J connectivity index is 1.59. The van der Waals surface area contributed by atoms with Crippen LogP contribution in [0.5, 0.6) is 0 Å². The molecule has 1 aromatic rings. The van der Waals surface area contributed by atoms with Crippen molar-refractivity contribution in [3.8, 4) is 0 Å². The maximum Gasteiger partial charge on any atom is 0.145 e. The van der Waals surface area contributed by atoms with E-state index in [9.17, 15) is 5.11 Å². The quantitative estimate of drug-likeness (QED) is 0.739. The molecular weight excluding hydrogens is 374 g/mol. The average molecular weight is 408 g/mol. The molecule has 2 N–H and O–H groups in total. The number of aliphatic hydroxyl groups is 1. The minimum Gasteiger partial charge on any atom is -0.461 e. The molecule has 160 valence electrons. The average Bonchev–Trinajstić information content (AvgIpc) is 2.75. The van der Waals surface area contributed by atoms with Crippen molar-refractivity contribution < 1.29 is 9.84 Å². The molecule has 1 aliphatic carbocycles. The summed E-state index contributed by atoms with van der Waals surface area (Å²) < 4.78 is 6.28. The van der Waals surface area contributed by atoms with Gasteiger partial charge in [-0.05, 0) is 50.0 Å². The summed E-state index contributed by atoms with van der Waals surface area (Å²) in [6.07, 6.45) is 7.16. The number of rotatable bonds is 6. The number of aliphatic hydroxyl groups excluding tert-OH is 1. The minimum atomic E-state index is -0.722. The van der Waals surface area contributed by atoms with Crippen molar-refractivity contribution in [1.29, 1.82) is 0 Å². The van der Waals surface area contributed by atoms with Crippen molar-refractivity contribution >= 4 is 5.71 Å². The third-order valence-electron chi connectivity index (χ3n) is 6.16. The molecule has 5 heteroatoms. The van der Waals surface area contributed by atoms with Crippen LogP contribution in [-0.2, 0) is 11.2 Å². The summed E-state index contributed by atoms with van der Waals surface area (Å²) in [7, 11) is 0. The molecule has 2 atom stereocenters. The third kappa shape index (κ3) is 4.02. The monoisotopic (exact) mass is 407 g/mol. The largest absolute Gasteiger partial charge is 0.461 e. The maximum absolute atomic E-state index is 11.1. The molecule has 1 unspecified atom stereocenters. The highest BCUT2D eigenvalue weighted by Gasteiger charge is 2.44. The van der Waals surface area contributed by atoms with Gasteiger partial charge in [0.15, 0.2) is 0 Å². The molecule has 4 rings (SSSR count). The summed E-state index contributed by atoms with van der Waals surface area (Å²) in [6.45, 7) is 9.02. The second kappa shape index (κ2) is 8.50. The lowest BCUT2D eigenvalue weighted by Gasteiger charge is -2.47. The van der Waals surface area contributed by atoms with Gasteiger partial charge in [-0.1, -0.05) is 44.2 Å². The Bertz CT molecular complexity index is 912. The summed E-state index contributed by atoms with van der Waals surface area (Å²) in [4.78, 5) is 4.94. The van der Waals surface area contributed by atoms with E-state index in [1.165, 1.54) is 16.7 Å². The van der Waals surface area contributed by atoms with Crippen molar-refractivity contribution in [2.45, 2.75) is 71.2 Å². The van der Waals surface area contributed by atoms with E-state index >= 15 is 0 Å². The van der Waals surface area contributed by atoms with Crippen LogP contribution in [0.1, 0.15) is 52.5 Å². The zero-order valence-corrected chi connectivity index (χ0v) is 18.5. The summed E-state index contributed by atoms with van der Waals surface area (Å²) >= 11 is 0. The van der Waals surface area contributed by atoms with E-state index in [4.69, 9.17) is 9.73 Å². The Morgan fingerprint density at radius 1 is 1.20 bits per heavy atom. The maximum atomic E-state index is 11.1. The highest BCUT2D eigenvalue weighted by atomic mass is 16.5. The summed E-state index contributed by atoms with van der Waals surface area (Å²) in [5, 5.41) is 13.0. The number of benzene rings is 1. The fourth-order valence-corrected chi connectivity index (χ4v) is 4.47. The Morgan fingerprint density at radius 3 is 2.67 bits per heavy atom. The van der Waals surface area contributed by atoms with Crippen LogP contribution >= 0.6 is 0 Å². The number of allylic oxidation sites excluding steroid dienone is 4. The molecular formula is C25H33N3O2. The fourth-order valence-electron chi connectivity index (χ4n) is 4.47. The normalized spacial score (nSPS) is 25.6. The van der Waals surface area contributed by atoms with E-state index < -0.39 is 11.8 Å². The number of hydrazine groups is 1. The van der Waals surface area contributed by atoms with E-state index in [0.29, 0.717) is 0 Å². The van der Waals surface area contributed by atoms with Crippen molar-refractivity contribution in [1.82, 2.24) is 10.4 Å². The van der Waals surface area contributed by atoms with E-state index in [2.05, 4.69) is 55.7 Å². The topological polar surface area (TPSA) is 57.1 Å². The first-order chi connectivity index (χ1) is 14.4. The van der Waals surface area contributed by atoms with Gasteiger partial charge in [0, 0.05) is 30.7 Å². The minimum absolute atomic E-state index is 0.114. The van der Waals surface area contributed by atoms with Crippen molar-refractivity contribution in [2.75, 3.05) is 6.54 Å². The summed E-state index contributed by atoms with van der Waals surface area (Å²) in [5.41, 5.74) is 7.72. The molecule has 1 aromatic carbocycles. The van der Waals surface area contributed by atoms with E-state index in [1.807, 2.05) is 24.9 Å². The zero-order valence-electron chi connectivity index (χ0n) is 18.5. The Kier molecular flexibility index (Phi) is 5.96. The second-order valence-corrected chi connectivity index (χ2v) is 8.76. The Morgan fingerprint density at radius 2 is 1.97 bits per heavy atom. The molecule has 0 spiro atoms. The molecule has 0 radical (unpaired) electrons. The third-order valence-corrected chi connectivity index (χ3v) is 6.16. The number of hydrogen-bond acceptors (Lipinski definition) is 5. The van der Waals surface area contributed by atoms with E-state index in [0.717, 1.165) is 49.5 Å². The molecule has 3 aliphatic rings. The molecule has 0 saturated heterocycles. The lowest BCUT2D eigenvalue weighted by molar-refractivity contribution is -0.0832. The number of aliphatic imine (C=N–C) groups is 1. The van der Waals surface area contributed by atoms with Gasteiger partial charge in [-0.15, -0.1) is 0 Å². The smallest absolute Gasteiger partial charge is 0.145 e. The number of nitrogens with one attached hydrogen (secondary N) is 1. The number of nitrogens with zero attached hydrogens (tertiary/aromatic N) is 2. The van der Waals surface area contributed by atoms with Gasteiger partial charge in [-0.2, -0.15) is 0 Å². The van der Waals surface area contributed by atoms with Crippen LogP contribution in [0.2, 0.25) is 0 Å². The Labute approximate surface area is 179 Å². The second-order valence-electron chi connectivity index (χ2n) is 8.76. The molecule has 0 saturated carbocycles. The van der Waals surface area contributed by atoms with Gasteiger partial charge >= 0.3 is 0 Å². The van der Waals surface area contributed by atoms with Gasteiger partial charge in [-0.25, -0.2) is 5.01 Å². The lowest BCUT2D eigenvalue weighted by atomic mass is 9.86. The van der Waals surface area contributed by atoms with Crippen LogP contribution in [-0.4, -0.2) is 40.2 Å². The molecule has 0 fully saturated rings. The fraction of sp³-hybridized carbons (Fsp3) is 0.480. The summed E-state index contributed by atoms with van der Waals surface area (Å²) in [6, 6.07) is 10.3. The first-order valence-corrected chi connectivity index (χ1v) is 11.1. The number of hydrogen-bond donors (Lipinski definition) is 2.